The third-order valence-electron chi connectivity index (χ3n) is 2.69. The minimum Gasteiger partial charge on any atom is -0.438 e. The lowest BCUT2D eigenvalue weighted by Crippen LogP contribution is -2.05. The molecular formula is C14H26O3. The summed E-state index contributed by atoms with van der Waals surface area (Å²) in [5.41, 5.74) is 0. The summed E-state index contributed by atoms with van der Waals surface area (Å²) in [6, 6.07) is 0. The van der Waals surface area contributed by atoms with Crippen molar-refractivity contribution in [3.05, 3.63) is 12.7 Å². The predicted octanol–water partition coefficient (Wildman–Crippen LogP) is 4.47. The van der Waals surface area contributed by atoms with Gasteiger partial charge < -0.3 is 9.47 Å². The van der Waals surface area contributed by atoms with Gasteiger partial charge in [0.25, 0.3) is 0 Å². The van der Waals surface area contributed by atoms with Crippen LogP contribution in [0, 0.1) is 0 Å². The smallest absolute Gasteiger partial charge is 0.438 e. The summed E-state index contributed by atoms with van der Waals surface area (Å²) in [6.07, 6.45) is 12.4. The highest BCUT2D eigenvalue weighted by molar-refractivity contribution is 5.59. The molecule has 0 unspecified atom stereocenters. The van der Waals surface area contributed by atoms with Gasteiger partial charge in [0, 0.05) is 0 Å². The number of ether oxygens (including phenoxy) is 2. The molecule has 0 aromatic heterocycles. The molecule has 0 saturated heterocycles. The summed E-state index contributed by atoms with van der Waals surface area (Å²) < 4.78 is 9.17. The second-order valence-corrected chi connectivity index (χ2v) is 4.21. The molecule has 0 fully saturated rings. The van der Waals surface area contributed by atoms with Crippen LogP contribution in [-0.4, -0.2) is 19.9 Å². The van der Waals surface area contributed by atoms with E-state index in [4.69, 9.17) is 4.74 Å². The molecular weight excluding hydrogens is 216 g/mol. The standard InChI is InChI=1S/C14H26O3/c1-3-4-5-6-7-8-9-10-11-12-13-17-14(15)16-2/h3H,1,4-13H2,2H3. The lowest BCUT2D eigenvalue weighted by atomic mass is 10.1. The van der Waals surface area contributed by atoms with E-state index in [-0.39, 0.29) is 0 Å². The molecule has 0 radical (unpaired) electrons. The van der Waals surface area contributed by atoms with Gasteiger partial charge in [0.1, 0.15) is 0 Å². The number of methoxy groups -OCH3 is 1. The zero-order valence-electron chi connectivity index (χ0n) is 11.1. The van der Waals surface area contributed by atoms with Gasteiger partial charge in [-0.05, 0) is 19.3 Å². The maximum atomic E-state index is 10.6. The molecule has 100 valence electrons. The number of carbonyl (C=O) groups excluding carboxylic acids is 1. The van der Waals surface area contributed by atoms with E-state index in [9.17, 15) is 4.79 Å². The molecule has 0 bridgehead atoms. The Bertz CT molecular complexity index is 190. The number of allylic oxidation sites excluding steroid dienone is 1. The topological polar surface area (TPSA) is 35.5 Å². The SMILES string of the molecule is C=CCCCCCCCCCCOC(=O)OC. The Morgan fingerprint density at radius 3 is 2.06 bits per heavy atom. The van der Waals surface area contributed by atoms with E-state index < -0.39 is 6.16 Å². The first kappa shape index (κ1) is 16.0. The van der Waals surface area contributed by atoms with Gasteiger partial charge in [0.15, 0.2) is 0 Å². The van der Waals surface area contributed by atoms with Crippen LogP contribution in [0.25, 0.3) is 0 Å². The van der Waals surface area contributed by atoms with Crippen LogP contribution in [0.1, 0.15) is 57.8 Å². The van der Waals surface area contributed by atoms with Crippen molar-refractivity contribution in [3.8, 4) is 0 Å². The average molecular weight is 242 g/mol. The van der Waals surface area contributed by atoms with Gasteiger partial charge in [-0.15, -0.1) is 6.58 Å². The number of rotatable bonds is 11. The van der Waals surface area contributed by atoms with E-state index in [0.717, 1.165) is 19.3 Å². The van der Waals surface area contributed by atoms with Crippen LogP contribution < -0.4 is 0 Å². The minimum absolute atomic E-state index is 0.478. The maximum absolute atomic E-state index is 10.6. The predicted molar refractivity (Wildman–Crippen MR) is 70.1 cm³/mol. The van der Waals surface area contributed by atoms with E-state index in [2.05, 4.69) is 11.3 Å². The Morgan fingerprint density at radius 2 is 1.53 bits per heavy atom. The van der Waals surface area contributed by atoms with Gasteiger partial charge in [-0.1, -0.05) is 44.6 Å². The molecule has 0 aliphatic rings. The van der Waals surface area contributed by atoms with E-state index in [1.54, 1.807) is 0 Å². The van der Waals surface area contributed by atoms with Crippen molar-refractivity contribution < 1.29 is 14.3 Å². The van der Waals surface area contributed by atoms with Gasteiger partial charge >= 0.3 is 6.16 Å². The quantitative estimate of drug-likeness (QED) is 0.305. The number of hydrogen-bond acceptors (Lipinski definition) is 3. The van der Waals surface area contributed by atoms with Crippen LogP contribution in [0.3, 0.4) is 0 Å². The molecule has 0 aromatic rings. The summed E-state index contributed by atoms with van der Waals surface area (Å²) in [5, 5.41) is 0. The fraction of sp³-hybridized carbons (Fsp3) is 0.786. The summed E-state index contributed by atoms with van der Waals surface area (Å²) in [7, 11) is 1.33. The molecule has 0 spiro atoms. The number of carbonyl (C=O) groups is 1. The largest absolute Gasteiger partial charge is 0.507 e. The van der Waals surface area contributed by atoms with E-state index in [0.29, 0.717) is 6.61 Å². The lowest BCUT2D eigenvalue weighted by molar-refractivity contribution is 0.0713. The van der Waals surface area contributed by atoms with Crippen LogP contribution in [-0.2, 0) is 9.47 Å². The summed E-state index contributed by atoms with van der Waals surface area (Å²) >= 11 is 0. The monoisotopic (exact) mass is 242 g/mol. The molecule has 0 amide bonds. The van der Waals surface area contributed by atoms with E-state index in [1.165, 1.54) is 45.6 Å². The van der Waals surface area contributed by atoms with E-state index >= 15 is 0 Å². The first-order chi connectivity index (χ1) is 8.31. The highest BCUT2D eigenvalue weighted by Crippen LogP contribution is 2.09. The normalized spacial score (nSPS) is 9.94. The van der Waals surface area contributed by atoms with Crippen LogP contribution >= 0.6 is 0 Å². The Balaban J connectivity index is 2.98. The zero-order chi connectivity index (χ0) is 12.8. The zero-order valence-corrected chi connectivity index (χ0v) is 11.1. The molecule has 0 aliphatic heterocycles. The highest BCUT2D eigenvalue weighted by Gasteiger charge is 1.98. The fourth-order valence-corrected chi connectivity index (χ4v) is 1.67. The Morgan fingerprint density at radius 1 is 1.00 bits per heavy atom. The van der Waals surface area contributed by atoms with Crippen molar-refractivity contribution >= 4 is 6.16 Å². The Kier molecular flexibility index (Phi) is 12.3. The van der Waals surface area contributed by atoms with Crippen molar-refractivity contribution in [2.75, 3.05) is 13.7 Å². The maximum Gasteiger partial charge on any atom is 0.507 e. The van der Waals surface area contributed by atoms with Crippen molar-refractivity contribution in [1.82, 2.24) is 0 Å². The third kappa shape index (κ3) is 12.9. The summed E-state index contributed by atoms with van der Waals surface area (Å²) in [6.45, 7) is 4.19. The minimum atomic E-state index is -0.577. The third-order valence-corrected chi connectivity index (χ3v) is 2.69. The molecule has 0 heterocycles. The first-order valence-corrected chi connectivity index (χ1v) is 6.63. The number of hydrogen-bond donors (Lipinski definition) is 0. The molecule has 3 heteroatoms. The lowest BCUT2D eigenvalue weighted by Gasteiger charge is -2.03. The highest BCUT2D eigenvalue weighted by atomic mass is 16.7. The van der Waals surface area contributed by atoms with Crippen molar-refractivity contribution in [2.24, 2.45) is 0 Å². The van der Waals surface area contributed by atoms with Crippen LogP contribution in [0.2, 0.25) is 0 Å². The molecule has 0 aromatic carbocycles. The molecule has 3 nitrogen and oxygen atoms in total. The van der Waals surface area contributed by atoms with Gasteiger partial charge in [-0.3, -0.25) is 0 Å². The number of unbranched alkanes of at least 4 members (excludes halogenated alkanes) is 8. The Labute approximate surface area is 105 Å². The van der Waals surface area contributed by atoms with Crippen LogP contribution in [0.4, 0.5) is 4.79 Å². The van der Waals surface area contributed by atoms with Gasteiger partial charge in [0.05, 0.1) is 13.7 Å². The second kappa shape index (κ2) is 13.1. The summed E-state index contributed by atoms with van der Waals surface area (Å²) in [5.74, 6) is 0. The van der Waals surface area contributed by atoms with Gasteiger partial charge in [-0.2, -0.15) is 0 Å². The van der Waals surface area contributed by atoms with Crippen molar-refractivity contribution in [3.63, 3.8) is 0 Å². The van der Waals surface area contributed by atoms with Crippen molar-refractivity contribution in [1.29, 1.82) is 0 Å². The first-order valence-electron chi connectivity index (χ1n) is 6.63. The average Bonchev–Trinajstić information content (AvgIpc) is 2.35. The molecule has 0 N–H and O–H groups in total. The molecule has 0 aliphatic carbocycles. The molecule has 0 rings (SSSR count). The van der Waals surface area contributed by atoms with Crippen molar-refractivity contribution in [2.45, 2.75) is 57.8 Å². The molecule has 0 atom stereocenters. The molecule has 17 heavy (non-hydrogen) atoms. The van der Waals surface area contributed by atoms with Crippen LogP contribution in [0.15, 0.2) is 12.7 Å². The van der Waals surface area contributed by atoms with Gasteiger partial charge in [0.2, 0.25) is 0 Å². The summed E-state index contributed by atoms with van der Waals surface area (Å²) in [4.78, 5) is 10.6. The fourth-order valence-electron chi connectivity index (χ4n) is 1.67. The van der Waals surface area contributed by atoms with Gasteiger partial charge in [-0.25, -0.2) is 4.79 Å². The second-order valence-electron chi connectivity index (χ2n) is 4.21. The Hall–Kier alpha value is -0.990. The van der Waals surface area contributed by atoms with Crippen LogP contribution in [0.5, 0.6) is 0 Å². The molecule has 0 saturated carbocycles. The van der Waals surface area contributed by atoms with E-state index in [1.807, 2.05) is 6.08 Å².